The van der Waals surface area contributed by atoms with Crippen LogP contribution in [0.2, 0.25) is 0 Å². The SMILES string of the molecule is Cc1ccc(C)c(OCCN2CCOC(C)C2)c1. The smallest absolute Gasteiger partial charge is 0.122 e. The first kappa shape index (κ1) is 13.4. The minimum Gasteiger partial charge on any atom is -0.492 e. The van der Waals surface area contributed by atoms with E-state index in [-0.39, 0.29) is 0 Å². The zero-order valence-corrected chi connectivity index (χ0v) is 11.6. The second-order valence-corrected chi connectivity index (χ2v) is 5.10. The molecule has 18 heavy (non-hydrogen) atoms. The molecule has 0 N–H and O–H groups in total. The minimum absolute atomic E-state index is 0.347. The lowest BCUT2D eigenvalue weighted by Crippen LogP contribution is -2.42. The fraction of sp³-hybridized carbons (Fsp3) is 0.600. The fourth-order valence-corrected chi connectivity index (χ4v) is 2.24. The molecule has 0 aromatic heterocycles. The Kier molecular flexibility index (Phi) is 4.61. The van der Waals surface area contributed by atoms with E-state index in [1.54, 1.807) is 0 Å². The Morgan fingerprint density at radius 2 is 2.22 bits per heavy atom. The summed E-state index contributed by atoms with van der Waals surface area (Å²) in [5, 5.41) is 0. The minimum atomic E-state index is 0.347. The van der Waals surface area contributed by atoms with Gasteiger partial charge in [-0.3, -0.25) is 4.90 Å². The van der Waals surface area contributed by atoms with Crippen LogP contribution in [0.15, 0.2) is 18.2 Å². The highest BCUT2D eigenvalue weighted by Crippen LogP contribution is 2.19. The third-order valence-corrected chi connectivity index (χ3v) is 3.33. The van der Waals surface area contributed by atoms with Crippen molar-refractivity contribution >= 4 is 0 Å². The van der Waals surface area contributed by atoms with Crippen molar-refractivity contribution in [2.45, 2.75) is 26.9 Å². The summed E-state index contributed by atoms with van der Waals surface area (Å²) in [6, 6.07) is 6.34. The first-order chi connectivity index (χ1) is 8.65. The van der Waals surface area contributed by atoms with Crippen LogP contribution in [0.4, 0.5) is 0 Å². The molecule has 1 aliphatic heterocycles. The summed E-state index contributed by atoms with van der Waals surface area (Å²) in [4.78, 5) is 2.40. The number of morpholine rings is 1. The highest BCUT2D eigenvalue weighted by atomic mass is 16.5. The number of nitrogens with zero attached hydrogens (tertiary/aromatic N) is 1. The molecule has 1 unspecified atom stereocenters. The molecule has 1 aromatic rings. The van der Waals surface area contributed by atoms with E-state index in [1.165, 1.54) is 11.1 Å². The average molecular weight is 249 g/mol. The van der Waals surface area contributed by atoms with Gasteiger partial charge in [0.15, 0.2) is 0 Å². The summed E-state index contributed by atoms with van der Waals surface area (Å²) in [5.74, 6) is 1.01. The second-order valence-electron chi connectivity index (χ2n) is 5.10. The summed E-state index contributed by atoms with van der Waals surface area (Å²) in [6.45, 7) is 10.9. The highest BCUT2D eigenvalue weighted by molar-refractivity contribution is 5.35. The van der Waals surface area contributed by atoms with E-state index in [0.717, 1.165) is 38.6 Å². The summed E-state index contributed by atoms with van der Waals surface area (Å²) >= 11 is 0. The molecule has 0 aliphatic carbocycles. The largest absolute Gasteiger partial charge is 0.492 e. The Morgan fingerprint density at radius 3 is 3.00 bits per heavy atom. The molecular weight excluding hydrogens is 226 g/mol. The number of hydrogen-bond donors (Lipinski definition) is 0. The van der Waals surface area contributed by atoms with Gasteiger partial charge >= 0.3 is 0 Å². The molecule has 0 spiro atoms. The van der Waals surface area contributed by atoms with Gasteiger partial charge in [0.1, 0.15) is 12.4 Å². The van der Waals surface area contributed by atoms with E-state index in [2.05, 4.69) is 43.9 Å². The Morgan fingerprint density at radius 1 is 1.39 bits per heavy atom. The van der Waals surface area contributed by atoms with Crippen molar-refractivity contribution in [1.29, 1.82) is 0 Å². The first-order valence-corrected chi connectivity index (χ1v) is 6.69. The Hall–Kier alpha value is -1.06. The molecule has 0 radical (unpaired) electrons. The maximum absolute atomic E-state index is 5.87. The van der Waals surface area contributed by atoms with Gasteiger partial charge in [-0.05, 0) is 38.0 Å². The van der Waals surface area contributed by atoms with Gasteiger partial charge in [-0.15, -0.1) is 0 Å². The normalized spacial score (nSPS) is 20.9. The van der Waals surface area contributed by atoms with Gasteiger partial charge in [0, 0.05) is 19.6 Å². The van der Waals surface area contributed by atoms with Crippen LogP contribution in [0.1, 0.15) is 18.1 Å². The van der Waals surface area contributed by atoms with E-state index in [4.69, 9.17) is 9.47 Å². The second kappa shape index (κ2) is 6.21. The molecule has 1 aliphatic rings. The van der Waals surface area contributed by atoms with Gasteiger partial charge in [0.2, 0.25) is 0 Å². The number of hydrogen-bond acceptors (Lipinski definition) is 3. The molecule has 3 heteroatoms. The number of ether oxygens (including phenoxy) is 2. The van der Waals surface area contributed by atoms with Gasteiger partial charge in [-0.25, -0.2) is 0 Å². The summed E-state index contributed by atoms with van der Waals surface area (Å²) in [5.41, 5.74) is 2.45. The molecule has 100 valence electrons. The molecule has 1 atom stereocenters. The molecule has 0 saturated carbocycles. The Bertz CT molecular complexity index is 392. The van der Waals surface area contributed by atoms with Gasteiger partial charge in [0.05, 0.1) is 12.7 Å². The predicted octanol–water partition coefficient (Wildman–Crippen LogP) is 2.40. The third-order valence-electron chi connectivity index (χ3n) is 3.33. The Balaban J connectivity index is 1.79. The van der Waals surface area contributed by atoms with Crippen molar-refractivity contribution < 1.29 is 9.47 Å². The number of aryl methyl sites for hydroxylation is 2. The first-order valence-electron chi connectivity index (χ1n) is 6.69. The van der Waals surface area contributed by atoms with E-state index < -0.39 is 0 Å². The lowest BCUT2D eigenvalue weighted by Gasteiger charge is -2.30. The van der Waals surface area contributed by atoms with Crippen LogP contribution in [0.25, 0.3) is 0 Å². The Labute approximate surface area is 110 Å². The van der Waals surface area contributed by atoms with Gasteiger partial charge in [-0.2, -0.15) is 0 Å². The standard InChI is InChI=1S/C15H23NO2/c1-12-4-5-13(2)15(10-12)18-9-7-16-6-8-17-14(3)11-16/h4-5,10,14H,6-9,11H2,1-3H3. The van der Waals surface area contributed by atoms with Crippen molar-refractivity contribution in [1.82, 2.24) is 4.90 Å². The zero-order chi connectivity index (χ0) is 13.0. The molecule has 1 heterocycles. The molecular formula is C15H23NO2. The van der Waals surface area contributed by atoms with Gasteiger partial charge in [0.25, 0.3) is 0 Å². The lowest BCUT2D eigenvalue weighted by molar-refractivity contribution is -0.0214. The molecule has 1 saturated heterocycles. The van der Waals surface area contributed by atoms with E-state index in [0.29, 0.717) is 6.10 Å². The quantitative estimate of drug-likeness (QED) is 0.818. The van der Waals surface area contributed by atoms with Crippen LogP contribution in [0.3, 0.4) is 0 Å². The highest BCUT2D eigenvalue weighted by Gasteiger charge is 2.16. The van der Waals surface area contributed by atoms with Crippen LogP contribution < -0.4 is 4.74 Å². The molecule has 2 rings (SSSR count). The number of benzene rings is 1. The predicted molar refractivity (Wildman–Crippen MR) is 73.3 cm³/mol. The molecule has 3 nitrogen and oxygen atoms in total. The lowest BCUT2D eigenvalue weighted by atomic mass is 10.1. The topological polar surface area (TPSA) is 21.7 Å². The van der Waals surface area contributed by atoms with Gasteiger partial charge < -0.3 is 9.47 Å². The summed E-state index contributed by atoms with van der Waals surface area (Å²) in [6.07, 6.45) is 0.347. The molecule has 1 fully saturated rings. The van der Waals surface area contributed by atoms with Crippen molar-refractivity contribution in [3.8, 4) is 5.75 Å². The van der Waals surface area contributed by atoms with Crippen molar-refractivity contribution in [2.75, 3.05) is 32.8 Å². The maximum Gasteiger partial charge on any atom is 0.122 e. The molecule has 1 aromatic carbocycles. The average Bonchev–Trinajstić information content (AvgIpc) is 2.34. The van der Waals surface area contributed by atoms with Crippen LogP contribution in [-0.4, -0.2) is 43.9 Å². The van der Waals surface area contributed by atoms with Crippen molar-refractivity contribution in [3.05, 3.63) is 29.3 Å². The van der Waals surface area contributed by atoms with E-state index in [1.807, 2.05) is 0 Å². The van der Waals surface area contributed by atoms with Crippen LogP contribution >= 0.6 is 0 Å². The van der Waals surface area contributed by atoms with E-state index >= 15 is 0 Å². The van der Waals surface area contributed by atoms with E-state index in [9.17, 15) is 0 Å². The summed E-state index contributed by atoms with van der Waals surface area (Å²) in [7, 11) is 0. The van der Waals surface area contributed by atoms with Crippen molar-refractivity contribution in [3.63, 3.8) is 0 Å². The zero-order valence-electron chi connectivity index (χ0n) is 11.6. The van der Waals surface area contributed by atoms with Crippen LogP contribution in [0, 0.1) is 13.8 Å². The van der Waals surface area contributed by atoms with Gasteiger partial charge in [-0.1, -0.05) is 12.1 Å². The number of rotatable bonds is 4. The van der Waals surface area contributed by atoms with Crippen LogP contribution in [0.5, 0.6) is 5.75 Å². The fourth-order valence-electron chi connectivity index (χ4n) is 2.24. The maximum atomic E-state index is 5.87. The van der Waals surface area contributed by atoms with Crippen LogP contribution in [-0.2, 0) is 4.74 Å². The summed E-state index contributed by atoms with van der Waals surface area (Å²) < 4.78 is 11.4. The van der Waals surface area contributed by atoms with Crippen molar-refractivity contribution in [2.24, 2.45) is 0 Å². The molecule has 0 bridgehead atoms. The monoisotopic (exact) mass is 249 g/mol. The third kappa shape index (κ3) is 3.72. The molecule has 0 amide bonds.